The first-order valence-corrected chi connectivity index (χ1v) is 9.96. The van der Waals surface area contributed by atoms with E-state index in [2.05, 4.69) is 10.0 Å². The Bertz CT molecular complexity index is 899. The van der Waals surface area contributed by atoms with E-state index in [0.29, 0.717) is 27.0 Å². The van der Waals surface area contributed by atoms with Gasteiger partial charge >= 0.3 is 0 Å². The number of carbonyl (C=O) groups is 1. The zero-order valence-electron chi connectivity index (χ0n) is 13.8. The number of anilines is 2. The lowest BCUT2D eigenvalue weighted by molar-refractivity contribution is -0.115. The van der Waals surface area contributed by atoms with E-state index < -0.39 is 10.0 Å². The van der Waals surface area contributed by atoms with Crippen LogP contribution in [0.1, 0.15) is 18.1 Å². The molecular weight excluding hydrogens is 383 g/mol. The van der Waals surface area contributed by atoms with Gasteiger partial charge in [0.15, 0.2) is 0 Å². The number of halogens is 2. The zero-order chi connectivity index (χ0) is 18.6. The molecule has 8 heteroatoms. The summed E-state index contributed by atoms with van der Waals surface area (Å²) in [6, 6.07) is 10.0. The number of amides is 1. The predicted octanol–water partition coefficient (Wildman–Crippen LogP) is 4.24. The second-order valence-electron chi connectivity index (χ2n) is 5.51. The van der Waals surface area contributed by atoms with Crippen molar-refractivity contribution in [1.82, 2.24) is 0 Å². The number of benzene rings is 2. The molecule has 0 bridgehead atoms. The third-order valence-electron chi connectivity index (χ3n) is 3.50. The molecule has 2 aromatic rings. The molecular formula is C17H18Cl2N2O3S. The summed E-state index contributed by atoms with van der Waals surface area (Å²) >= 11 is 11.8. The van der Waals surface area contributed by atoms with Gasteiger partial charge in [-0.05, 0) is 55.3 Å². The average molecular weight is 401 g/mol. The predicted molar refractivity (Wildman–Crippen MR) is 103 cm³/mol. The van der Waals surface area contributed by atoms with Crippen LogP contribution in [0.3, 0.4) is 0 Å². The minimum Gasteiger partial charge on any atom is -0.326 e. The maximum absolute atomic E-state index is 12.2. The molecule has 0 aliphatic rings. The van der Waals surface area contributed by atoms with Crippen LogP contribution < -0.4 is 10.0 Å². The molecule has 0 radical (unpaired) electrons. The Morgan fingerprint density at radius 1 is 1.08 bits per heavy atom. The zero-order valence-corrected chi connectivity index (χ0v) is 16.1. The molecule has 0 atom stereocenters. The van der Waals surface area contributed by atoms with E-state index in [1.54, 1.807) is 50.2 Å². The summed E-state index contributed by atoms with van der Waals surface area (Å²) in [5.74, 6) is -0.214. The Morgan fingerprint density at radius 2 is 1.80 bits per heavy atom. The summed E-state index contributed by atoms with van der Waals surface area (Å²) in [6.07, 6.45) is 0.153. The van der Waals surface area contributed by atoms with Gasteiger partial charge in [-0.2, -0.15) is 0 Å². The standard InChI is InChI=1S/C17H18Cl2N2O3S/c1-3-25(23,24)21-16-7-5-13(8-11(16)2)20-17(22)10-12-4-6-14(18)15(19)9-12/h4-9,21H,3,10H2,1-2H3,(H,20,22). The van der Waals surface area contributed by atoms with Crippen LogP contribution in [0.15, 0.2) is 36.4 Å². The van der Waals surface area contributed by atoms with Crippen LogP contribution >= 0.6 is 23.2 Å². The summed E-state index contributed by atoms with van der Waals surface area (Å²) in [5, 5.41) is 3.61. The van der Waals surface area contributed by atoms with E-state index in [1.165, 1.54) is 0 Å². The van der Waals surface area contributed by atoms with Crippen molar-refractivity contribution in [2.24, 2.45) is 0 Å². The molecule has 25 heavy (non-hydrogen) atoms. The van der Waals surface area contributed by atoms with Crippen molar-refractivity contribution < 1.29 is 13.2 Å². The van der Waals surface area contributed by atoms with E-state index in [1.807, 2.05) is 0 Å². The number of hydrogen-bond acceptors (Lipinski definition) is 3. The Balaban J connectivity index is 2.06. The summed E-state index contributed by atoms with van der Waals surface area (Å²) < 4.78 is 25.8. The number of carbonyl (C=O) groups excluding carboxylic acids is 1. The molecule has 2 N–H and O–H groups in total. The van der Waals surface area contributed by atoms with Gasteiger partial charge in [0.25, 0.3) is 0 Å². The average Bonchev–Trinajstić information content (AvgIpc) is 2.53. The third kappa shape index (κ3) is 5.63. The molecule has 0 fully saturated rings. The number of hydrogen-bond donors (Lipinski definition) is 2. The molecule has 0 spiro atoms. The maximum atomic E-state index is 12.2. The normalized spacial score (nSPS) is 11.2. The number of sulfonamides is 1. The fourth-order valence-electron chi connectivity index (χ4n) is 2.14. The van der Waals surface area contributed by atoms with Crippen LogP contribution in [0.5, 0.6) is 0 Å². The molecule has 0 aliphatic heterocycles. The fourth-order valence-corrected chi connectivity index (χ4v) is 3.16. The lowest BCUT2D eigenvalue weighted by Gasteiger charge is -2.12. The molecule has 2 rings (SSSR count). The van der Waals surface area contributed by atoms with Crippen LogP contribution in [0.2, 0.25) is 10.0 Å². The maximum Gasteiger partial charge on any atom is 0.232 e. The van der Waals surface area contributed by atoms with Crippen molar-refractivity contribution in [2.75, 3.05) is 15.8 Å². The van der Waals surface area contributed by atoms with Gasteiger partial charge in [-0.25, -0.2) is 8.42 Å². The van der Waals surface area contributed by atoms with Crippen molar-refractivity contribution in [1.29, 1.82) is 0 Å². The van der Waals surface area contributed by atoms with Gasteiger partial charge in [0.05, 0.1) is 27.9 Å². The van der Waals surface area contributed by atoms with E-state index in [4.69, 9.17) is 23.2 Å². The van der Waals surface area contributed by atoms with Crippen LogP contribution in [0.4, 0.5) is 11.4 Å². The van der Waals surface area contributed by atoms with E-state index in [9.17, 15) is 13.2 Å². The fraction of sp³-hybridized carbons (Fsp3) is 0.235. The number of nitrogens with one attached hydrogen (secondary N) is 2. The number of aryl methyl sites for hydroxylation is 1. The van der Waals surface area contributed by atoms with Gasteiger partial charge in [-0.3, -0.25) is 9.52 Å². The largest absolute Gasteiger partial charge is 0.326 e. The van der Waals surface area contributed by atoms with E-state index in [0.717, 1.165) is 5.56 Å². The first-order valence-electron chi connectivity index (χ1n) is 7.55. The van der Waals surface area contributed by atoms with Crippen molar-refractivity contribution in [3.8, 4) is 0 Å². The van der Waals surface area contributed by atoms with Gasteiger partial charge in [0.2, 0.25) is 15.9 Å². The molecule has 0 aliphatic carbocycles. The highest BCUT2D eigenvalue weighted by Crippen LogP contribution is 2.24. The molecule has 2 aromatic carbocycles. The monoisotopic (exact) mass is 400 g/mol. The highest BCUT2D eigenvalue weighted by Gasteiger charge is 2.11. The number of rotatable bonds is 6. The topological polar surface area (TPSA) is 75.3 Å². The van der Waals surface area contributed by atoms with E-state index >= 15 is 0 Å². The summed E-state index contributed by atoms with van der Waals surface area (Å²) in [4.78, 5) is 12.2. The minimum atomic E-state index is -3.34. The van der Waals surface area contributed by atoms with Crippen LogP contribution in [0, 0.1) is 6.92 Å². The molecule has 1 amide bonds. The van der Waals surface area contributed by atoms with E-state index in [-0.39, 0.29) is 18.1 Å². The molecule has 0 unspecified atom stereocenters. The molecule has 0 heterocycles. The lowest BCUT2D eigenvalue weighted by atomic mass is 10.1. The summed E-state index contributed by atoms with van der Waals surface area (Å²) in [5.41, 5.74) is 2.53. The Hall–Kier alpha value is -1.76. The van der Waals surface area contributed by atoms with Gasteiger partial charge in [-0.15, -0.1) is 0 Å². The minimum absolute atomic E-state index is 0.00538. The van der Waals surface area contributed by atoms with Gasteiger partial charge in [0, 0.05) is 5.69 Å². The lowest BCUT2D eigenvalue weighted by Crippen LogP contribution is -2.16. The SMILES string of the molecule is CCS(=O)(=O)Nc1ccc(NC(=O)Cc2ccc(Cl)c(Cl)c2)cc1C. The second kappa shape index (κ2) is 8.08. The molecule has 0 saturated carbocycles. The van der Waals surface area contributed by atoms with Crippen LogP contribution in [-0.2, 0) is 21.2 Å². The summed E-state index contributed by atoms with van der Waals surface area (Å²) in [7, 11) is -3.34. The smallest absolute Gasteiger partial charge is 0.232 e. The molecule has 5 nitrogen and oxygen atoms in total. The second-order valence-corrected chi connectivity index (χ2v) is 8.33. The molecule has 134 valence electrons. The van der Waals surface area contributed by atoms with Gasteiger partial charge in [-0.1, -0.05) is 29.3 Å². The summed E-state index contributed by atoms with van der Waals surface area (Å²) in [6.45, 7) is 3.33. The third-order valence-corrected chi connectivity index (χ3v) is 5.53. The van der Waals surface area contributed by atoms with Crippen molar-refractivity contribution in [2.45, 2.75) is 20.3 Å². The van der Waals surface area contributed by atoms with Gasteiger partial charge < -0.3 is 5.32 Å². The first-order chi connectivity index (χ1) is 11.7. The highest BCUT2D eigenvalue weighted by atomic mass is 35.5. The van der Waals surface area contributed by atoms with Gasteiger partial charge in [0.1, 0.15) is 0 Å². The van der Waals surface area contributed by atoms with Crippen LogP contribution in [-0.4, -0.2) is 20.1 Å². The highest BCUT2D eigenvalue weighted by molar-refractivity contribution is 7.92. The molecule has 0 saturated heterocycles. The Labute approximate surface area is 157 Å². The quantitative estimate of drug-likeness (QED) is 0.760. The first kappa shape index (κ1) is 19.6. The molecule has 0 aromatic heterocycles. The Kier molecular flexibility index (Phi) is 6.32. The van der Waals surface area contributed by atoms with Crippen molar-refractivity contribution >= 4 is 50.5 Å². The Morgan fingerprint density at radius 3 is 2.40 bits per heavy atom. The van der Waals surface area contributed by atoms with Crippen molar-refractivity contribution in [3.05, 3.63) is 57.6 Å². The van der Waals surface area contributed by atoms with Crippen LogP contribution in [0.25, 0.3) is 0 Å². The van der Waals surface area contributed by atoms with Crippen molar-refractivity contribution in [3.63, 3.8) is 0 Å².